The van der Waals surface area contributed by atoms with Crippen LogP contribution in [0.5, 0.6) is 0 Å². The van der Waals surface area contributed by atoms with Crippen LogP contribution in [0.4, 0.5) is 5.13 Å². The van der Waals surface area contributed by atoms with Crippen LogP contribution < -0.4 is 10.6 Å². The Morgan fingerprint density at radius 1 is 1.31 bits per heavy atom. The molecule has 9 heteroatoms. The van der Waals surface area contributed by atoms with E-state index in [-0.39, 0.29) is 11.9 Å². The van der Waals surface area contributed by atoms with Crippen molar-refractivity contribution in [3.63, 3.8) is 0 Å². The van der Waals surface area contributed by atoms with E-state index in [1.54, 1.807) is 12.5 Å². The average Bonchev–Trinajstić information content (AvgIpc) is 3.37. The van der Waals surface area contributed by atoms with Crippen LogP contribution in [0.1, 0.15) is 54.0 Å². The van der Waals surface area contributed by atoms with E-state index in [0.717, 1.165) is 54.3 Å². The Kier molecular flexibility index (Phi) is 5.84. The fourth-order valence-corrected chi connectivity index (χ4v) is 4.64. The van der Waals surface area contributed by atoms with Crippen LogP contribution in [0, 0.1) is 6.92 Å². The van der Waals surface area contributed by atoms with Gasteiger partial charge in [0.15, 0.2) is 5.13 Å². The fraction of sp³-hybridized carbons (Fsp3) is 0.450. The summed E-state index contributed by atoms with van der Waals surface area (Å²) in [5.74, 6) is -0.0160. The number of aromatic nitrogens is 5. The number of rotatable bonds is 6. The normalized spacial score (nSPS) is 19.1. The quantitative estimate of drug-likeness (QED) is 0.645. The monoisotopic (exact) mass is 411 g/mol. The van der Waals surface area contributed by atoms with Crippen molar-refractivity contribution in [2.75, 3.05) is 11.9 Å². The van der Waals surface area contributed by atoms with Crippen LogP contribution in [0.15, 0.2) is 31.0 Å². The van der Waals surface area contributed by atoms with Crippen LogP contribution in [0.3, 0.4) is 0 Å². The SMILES string of the molecule is CCNc1nc(C)c(C(=O)NC2CCC(n3cc(-c4ccncn4)cn3)CC2)s1. The third-order valence-electron chi connectivity index (χ3n) is 5.22. The van der Waals surface area contributed by atoms with Crippen LogP contribution in [0.25, 0.3) is 11.3 Å². The summed E-state index contributed by atoms with van der Waals surface area (Å²) in [6.07, 6.45) is 11.0. The highest BCUT2D eigenvalue weighted by atomic mass is 32.1. The average molecular weight is 412 g/mol. The van der Waals surface area contributed by atoms with E-state index in [1.807, 2.05) is 30.8 Å². The molecule has 8 nitrogen and oxygen atoms in total. The van der Waals surface area contributed by atoms with Gasteiger partial charge in [-0.2, -0.15) is 5.10 Å². The van der Waals surface area contributed by atoms with Gasteiger partial charge < -0.3 is 10.6 Å². The number of hydrogen-bond donors (Lipinski definition) is 2. The number of aryl methyl sites for hydroxylation is 1. The maximum absolute atomic E-state index is 12.7. The van der Waals surface area contributed by atoms with Gasteiger partial charge in [-0.25, -0.2) is 15.0 Å². The minimum atomic E-state index is -0.0160. The zero-order valence-electron chi connectivity index (χ0n) is 16.6. The maximum Gasteiger partial charge on any atom is 0.263 e. The van der Waals surface area contributed by atoms with Crippen molar-refractivity contribution in [3.05, 3.63) is 41.6 Å². The molecule has 0 unspecified atom stereocenters. The van der Waals surface area contributed by atoms with Crippen LogP contribution >= 0.6 is 11.3 Å². The number of anilines is 1. The van der Waals surface area contributed by atoms with E-state index in [9.17, 15) is 4.79 Å². The lowest BCUT2D eigenvalue weighted by atomic mass is 9.91. The number of nitrogens with one attached hydrogen (secondary N) is 2. The molecule has 152 valence electrons. The molecule has 0 saturated heterocycles. The molecule has 3 aromatic heterocycles. The van der Waals surface area contributed by atoms with E-state index in [1.165, 1.54) is 11.3 Å². The standard InChI is InChI=1S/C20H25N7OS/c1-3-22-20-25-13(2)18(29-20)19(28)26-15-4-6-16(7-5-15)27-11-14(10-24-27)17-8-9-21-12-23-17/h8-12,15-16H,3-7H2,1-2H3,(H,22,25)(H,26,28). The molecule has 2 N–H and O–H groups in total. The number of nitrogens with zero attached hydrogens (tertiary/aromatic N) is 5. The van der Waals surface area contributed by atoms with Gasteiger partial charge in [-0.3, -0.25) is 9.48 Å². The Morgan fingerprint density at radius 3 is 2.86 bits per heavy atom. The number of carbonyl (C=O) groups is 1. The van der Waals surface area contributed by atoms with E-state index < -0.39 is 0 Å². The van der Waals surface area contributed by atoms with E-state index in [0.29, 0.717) is 10.9 Å². The molecule has 1 aliphatic rings. The van der Waals surface area contributed by atoms with Crippen molar-refractivity contribution in [1.82, 2.24) is 30.0 Å². The lowest BCUT2D eigenvalue weighted by Crippen LogP contribution is -2.38. The first-order chi connectivity index (χ1) is 14.1. The maximum atomic E-state index is 12.7. The second-order valence-electron chi connectivity index (χ2n) is 7.25. The van der Waals surface area contributed by atoms with Gasteiger partial charge in [-0.1, -0.05) is 11.3 Å². The highest BCUT2D eigenvalue weighted by Crippen LogP contribution is 2.30. The Morgan fingerprint density at radius 2 is 2.14 bits per heavy atom. The molecule has 0 spiro atoms. The number of thiazole rings is 1. The Labute approximate surface area is 173 Å². The van der Waals surface area contributed by atoms with Gasteiger partial charge in [0.05, 0.1) is 23.6 Å². The molecule has 3 aromatic rings. The Bertz CT molecular complexity index is 960. The second-order valence-corrected chi connectivity index (χ2v) is 8.25. The summed E-state index contributed by atoms with van der Waals surface area (Å²) in [6.45, 7) is 4.70. The lowest BCUT2D eigenvalue weighted by Gasteiger charge is -2.29. The van der Waals surface area contributed by atoms with Gasteiger partial charge in [-0.15, -0.1) is 0 Å². The molecular weight excluding hydrogens is 386 g/mol. The number of amides is 1. The summed E-state index contributed by atoms with van der Waals surface area (Å²) in [5.41, 5.74) is 2.66. The molecule has 0 bridgehead atoms. The van der Waals surface area contributed by atoms with Crippen molar-refractivity contribution < 1.29 is 4.79 Å². The molecule has 1 fully saturated rings. The van der Waals surface area contributed by atoms with Gasteiger partial charge >= 0.3 is 0 Å². The van der Waals surface area contributed by atoms with Gasteiger partial charge in [0.2, 0.25) is 0 Å². The van der Waals surface area contributed by atoms with Crippen LogP contribution in [0.2, 0.25) is 0 Å². The first kappa shape index (κ1) is 19.5. The van der Waals surface area contributed by atoms with Gasteiger partial charge in [0.1, 0.15) is 11.2 Å². The summed E-state index contributed by atoms with van der Waals surface area (Å²) in [7, 11) is 0. The van der Waals surface area contributed by atoms with Crippen molar-refractivity contribution in [3.8, 4) is 11.3 Å². The van der Waals surface area contributed by atoms with Crippen molar-refractivity contribution >= 4 is 22.4 Å². The van der Waals surface area contributed by atoms with E-state index in [2.05, 4.69) is 36.9 Å². The third-order valence-corrected chi connectivity index (χ3v) is 6.33. The first-order valence-electron chi connectivity index (χ1n) is 9.96. The van der Waals surface area contributed by atoms with Crippen molar-refractivity contribution in [1.29, 1.82) is 0 Å². The molecular formula is C20H25N7OS. The predicted octanol–water partition coefficient (Wildman–Crippen LogP) is 3.45. The van der Waals surface area contributed by atoms with Crippen molar-refractivity contribution in [2.45, 2.75) is 51.6 Å². The summed E-state index contributed by atoms with van der Waals surface area (Å²) in [6, 6.07) is 2.43. The van der Waals surface area contributed by atoms with Crippen molar-refractivity contribution in [2.24, 2.45) is 0 Å². The zero-order chi connectivity index (χ0) is 20.2. The van der Waals surface area contributed by atoms with Gasteiger partial charge in [0, 0.05) is 30.5 Å². The Hall–Kier alpha value is -2.81. The second kappa shape index (κ2) is 8.69. The number of hydrogen-bond acceptors (Lipinski definition) is 7. The highest BCUT2D eigenvalue weighted by Gasteiger charge is 2.26. The Balaban J connectivity index is 1.33. The molecule has 4 rings (SSSR count). The summed E-state index contributed by atoms with van der Waals surface area (Å²) in [5, 5.41) is 11.7. The molecule has 0 aliphatic heterocycles. The minimum absolute atomic E-state index is 0.0160. The summed E-state index contributed by atoms with van der Waals surface area (Å²) < 4.78 is 2.03. The molecule has 1 aliphatic carbocycles. The lowest BCUT2D eigenvalue weighted by molar-refractivity contribution is 0.0925. The fourth-order valence-electron chi connectivity index (χ4n) is 3.70. The zero-order valence-corrected chi connectivity index (χ0v) is 17.4. The molecule has 29 heavy (non-hydrogen) atoms. The van der Waals surface area contributed by atoms with Crippen LogP contribution in [-0.4, -0.2) is 43.2 Å². The van der Waals surface area contributed by atoms with E-state index >= 15 is 0 Å². The first-order valence-corrected chi connectivity index (χ1v) is 10.8. The summed E-state index contributed by atoms with van der Waals surface area (Å²) in [4.78, 5) is 26.0. The molecule has 1 saturated carbocycles. The van der Waals surface area contributed by atoms with Gasteiger partial charge in [0.25, 0.3) is 5.91 Å². The number of carbonyl (C=O) groups excluding carboxylic acids is 1. The highest BCUT2D eigenvalue weighted by molar-refractivity contribution is 7.17. The molecule has 0 aromatic carbocycles. The molecule has 3 heterocycles. The van der Waals surface area contributed by atoms with Crippen LogP contribution in [-0.2, 0) is 0 Å². The third kappa shape index (κ3) is 4.45. The summed E-state index contributed by atoms with van der Waals surface area (Å²) >= 11 is 1.42. The minimum Gasteiger partial charge on any atom is -0.362 e. The topological polar surface area (TPSA) is 97.6 Å². The molecule has 0 atom stereocenters. The van der Waals surface area contributed by atoms with E-state index in [4.69, 9.17) is 0 Å². The molecule has 0 radical (unpaired) electrons. The predicted molar refractivity (Wildman–Crippen MR) is 113 cm³/mol. The van der Waals surface area contributed by atoms with Gasteiger partial charge in [-0.05, 0) is 45.6 Å². The smallest absolute Gasteiger partial charge is 0.263 e. The largest absolute Gasteiger partial charge is 0.362 e. The molecule has 1 amide bonds.